The predicted octanol–water partition coefficient (Wildman–Crippen LogP) is 0.987. The second-order valence-electron chi connectivity index (χ2n) is 5.86. The molecule has 0 saturated carbocycles. The van der Waals surface area contributed by atoms with Gasteiger partial charge in [0.1, 0.15) is 0 Å². The largest absolute Gasteiger partial charge is 0.336 e. The zero-order valence-corrected chi connectivity index (χ0v) is 12.5. The summed E-state index contributed by atoms with van der Waals surface area (Å²) in [5, 5.41) is 2.11. The molecule has 1 aromatic heterocycles. The van der Waals surface area contributed by atoms with E-state index in [0.717, 1.165) is 38.0 Å². The Bertz CT molecular complexity index is 469. The minimum Gasteiger partial charge on any atom is -0.336 e. The Morgan fingerprint density at radius 1 is 1.21 bits per heavy atom. The lowest BCUT2D eigenvalue weighted by atomic mass is 9.95. The van der Waals surface area contributed by atoms with Gasteiger partial charge < -0.3 is 9.80 Å². The average Bonchev–Trinajstić information content (AvgIpc) is 2.74. The normalized spacial score (nSPS) is 23.8. The van der Waals surface area contributed by atoms with Gasteiger partial charge in [-0.1, -0.05) is 0 Å². The molecule has 1 amide bonds. The summed E-state index contributed by atoms with van der Waals surface area (Å²) in [6.07, 6.45) is 5.96. The van der Waals surface area contributed by atoms with Gasteiger partial charge in [0.05, 0.1) is 32.2 Å². The zero-order valence-electron chi connectivity index (χ0n) is 11.7. The van der Waals surface area contributed by atoms with Crippen molar-refractivity contribution in [1.29, 1.82) is 0 Å². The molecule has 1 fully saturated rings. The van der Waals surface area contributed by atoms with E-state index < -0.39 is 0 Å². The molecule has 1 atom stereocenters. The van der Waals surface area contributed by atoms with Crippen LogP contribution in [0.3, 0.4) is 0 Å². The monoisotopic (exact) mass is 279 g/mol. The number of nitrogens with one attached hydrogen (secondary N) is 1. The minimum atomic E-state index is 0.286. The van der Waals surface area contributed by atoms with E-state index in [1.807, 2.05) is 0 Å². The van der Waals surface area contributed by atoms with E-state index >= 15 is 0 Å². The maximum Gasteiger partial charge on any atom is 0.255 e. The number of aryl methyl sites for hydroxylation is 1. The van der Waals surface area contributed by atoms with Crippen molar-refractivity contribution >= 4 is 17.2 Å². The van der Waals surface area contributed by atoms with Crippen molar-refractivity contribution < 1.29 is 9.69 Å². The summed E-state index contributed by atoms with van der Waals surface area (Å²) in [5.74, 6) is 0.286. The number of hydrogen-bond acceptors (Lipinski definition) is 2. The molecule has 3 rings (SSSR count). The molecule has 0 spiro atoms. The highest BCUT2D eigenvalue weighted by Gasteiger charge is 2.25. The van der Waals surface area contributed by atoms with E-state index in [9.17, 15) is 4.79 Å². The molecule has 19 heavy (non-hydrogen) atoms. The lowest BCUT2D eigenvalue weighted by Crippen LogP contribution is -3.09. The molecule has 2 heterocycles. The first-order valence-corrected chi connectivity index (χ1v) is 8.33. The van der Waals surface area contributed by atoms with Crippen LogP contribution in [-0.2, 0) is 12.8 Å². The van der Waals surface area contributed by atoms with Crippen LogP contribution in [0.1, 0.15) is 40.1 Å². The number of likely N-dealkylation sites (N-methyl/N-ethyl adjacent to an activating group) is 1. The standard InChI is InChI=1S/C15H22N2OS/c1-16-7-4-8-17(10-9-16)15(18)13-11-19-14-6-3-2-5-12(13)14/h11H,2-10H2,1H3/p+1. The number of thiophene rings is 1. The van der Waals surface area contributed by atoms with Crippen molar-refractivity contribution in [3.8, 4) is 0 Å². The molecule has 1 unspecified atom stereocenters. The van der Waals surface area contributed by atoms with Crippen LogP contribution in [-0.4, -0.2) is 44.0 Å². The van der Waals surface area contributed by atoms with Gasteiger partial charge in [0, 0.05) is 23.2 Å². The van der Waals surface area contributed by atoms with Crippen LogP contribution in [0, 0.1) is 0 Å². The van der Waals surface area contributed by atoms with Crippen LogP contribution < -0.4 is 4.90 Å². The molecule has 1 saturated heterocycles. The highest BCUT2D eigenvalue weighted by molar-refractivity contribution is 7.10. The van der Waals surface area contributed by atoms with Crippen molar-refractivity contribution in [3.63, 3.8) is 0 Å². The predicted molar refractivity (Wildman–Crippen MR) is 78.1 cm³/mol. The molecule has 3 nitrogen and oxygen atoms in total. The van der Waals surface area contributed by atoms with Gasteiger partial charge in [-0.3, -0.25) is 4.79 Å². The molecular formula is C15H23N2OS+. The number of hydrogen-bond donors (Lipinski definition) is 1. The first kappa shape index (κ1) is 13.1. The van der Waals surface area contributed by atoms with Crippen LogP contribution >= 0.6 is 11.3 Å². The molecule has 1 N–H and O–H groups in total. The van der Waals surface area contributed by atoms with Crippen molar-refractivity contribution in [2.75, 3.05) is 33.2 Å². The average molecular weight is 279 g/mol. The van der Waals surface area contributed by atoms with E-state index in [0.29, 0.717) is 0 Å². The summed E-state index contributed by atoms with van der Waals surface area (Å²) < 4.78 is 0. The Balaban J connectivity index is 1.78. The maximum atomic E-state index is 12.7. The fraction of sp³-hybridized carbons (Fsp3) is 0.667. The van der Waals surface area contributed by atoms with Gasteiger partial charge in [0.15, 0.2) is 0 Å². The molecule has 0 bridgehead atoms. The van der Waals surface area contributed by atoms with Crippen molar-refractivity contribution in [2.24, 2.45) is 0 Å². The Morgan fingerprint density at radius 2 is 2.05 bits per heavy atom. The summed E-state index contributed by atoms with van der Waals surface area (Å²) in [7, 11) is 2.22. The highest BCUT2D eigenvalue weighted by Crippen LogP contribution is 2.30. The summed E-state index contributed by atoms with van der Waals surface area (Å²) in [5.41, 5.74) is 2.38. The summed E-state index contributed by atoms with van der Waals surface area (Å²) in [6, 6.07) is 0. The number of nitrogens with zero attached hydrogens (tertiary/aromatic N) is 1. The van der Waals surface area contributed by atoms with Gasteiger partial charge in [-0.2, -0.15) is 0 Å². The topological polar surface area (TPSA) is 24.8 Å². The Hall–Kier alpha value is -0.870. The van der Waals surface area contributed by atoms with Gasteiger partial charge in [0.2, 0.25) is 0 Å². The molecule has 4 heteroatoms. The van der Waals surface area contributed by atoms with Crippen LogP contribution in [0.25, 0.3) is 0 Å². The minimum absolute atomic E-state index is 0.286. The maximum absolute atomic E-state index is 12.7. The SMILES string of the molecule is C[NH+]1CCCN(C(=O)c2csc3c2CCCC3)CC1. The fourth-order valence-electron chi connectivity index (χ4n) is 3.18. The van der Waals surface area contributed by atoms with Crippen LogP contribution in [0.4, 0.5) is 0 Å². The summed E-state index contributed by atoms with van der Waals surface area (Å²) in [4.78, 5) is 17.8. The van der Waals surface area contributed by atoms with Gasteiger partial charge >= 0.3 is 0 Å². The second-order valence-corrected chi connectivity index (χ2v) is 6.83. The van der Waals surface area contributed by atoms with E-state index in [-0.39, 0.29) is 5.91 Å². The Labute approximate surface area is 119 Å². The highest BCUT2D eigenvalue weighted by atomic mass is 32.1. The number of amides is 1. The fourth-order valence-corrected chi connectivity index (χ4v) is 4.30. The smallest absolute Gasteiger partial charge is 0.255 e. The van der Waals surface area contributed by atoms with Gasteiger partial charge in [-0.25, -0.2) is 0 Å². The molecule has 1 aliphatic heterocycles. The van der Waals surface area contributed by atoms with E-state index in [1.54, 1.807) is 16.2 Å². The molecule has 0 aromatic carbocycles. The van der Waals surface area contributed by atoms with E-state index in [2.05, 4.69) is 17.3 Å². The third-order valence-corrected chi connectivity index (χ3v) is 5.51. The quantitative estimate of drug-likeness (QED) is 0.815. The van der Waals surface area contributed by atoms with Crippen LogP contribution in [0.5, 0.6) is 0 Å². The Kier molecular flexibility index (Phi) is 3.89. The van der Waals surface area contributed by atoms with Gasteiger partial charge in [-0.05, 0) is 31.2 Å². The van der Waals surface area contributed by atoms with Crippen molar-refractivity contribution in [2.45, 2.75) is 32.1 Å². The third-order valence-electron chi connectivity index (χ3n) is 4.42. The Morgan fingerprint density at radius 3 is 2.95 bits per heavy atom. The second kappa shape index (κ2) is 5.63. The first-order chi connectivity index (χ1) is 9.25. The number of quaternary nitrogens is 1. The lowest BCUT2D eigenvalue weighted by molar-refractivity contribution is -0.877. The molecule has 0 radical (unpaired) electrons. The van der Waals surface area contributed by atoms with Gasteiger partial charge in [0.25, 0.3) is 5.91 Å². The van der Waals surface area contributed by atoms with Crippen molar-refractivity contribution in [3.05, 3.63) is 21.4 Å². The first-order valence-electron chi connectivity index (χ1n) is 7.45. The number of carbonyl (C=O) groups excluding carboxylic acids is 1. The molecule has 1 aromatic rings. The number of fused-ring (bicyclic) bond motifs is 1. The third kappa shape index (κ3) is 2.70. The summed E-state index contributed by atoms with van der Waals surface area (Å²) >= 11 is 1.80. The molecule has 2 aliphatic rings. The van der Waals surface area contributed by atoms with Crippen LogP contribution in [0.2, 0.25) is 0 Å². The lowest BCUT2D eigenvalue weighted by Gasteiger charge is -2.20. The molecule has 104 valence electrons. The molecular weight excluding hydrogens is 256 g/mol. The molecule has 1 aliphatic carbocycles. The number of carbonyl (C=O) groups is 1. The van der Waals surface area contributed by atoms with E-state index in [4.69, 9.17) is 0 Å². The number of rotatable bonds is 1. The van der Waals surface area contributed by atoms with Crippen LogP contribution in [0.15, 0.2) is 5.38 Å². The van der Waals surface area contributed by atoms with Crippen molar-refractivity contribution in [1.82, 2.24) is 4.90 Å². The van der Waals surface area contributed by atoms with E-state index in [1.165, 1.54) is 36.2 Å². The summed E-state index contributed by atoms with van der Waals surface area (Å²) in [6.45, 7) is 4.11. The zero-order chi connectivity index (χ0) is 13.2. The van der Waals surface area contributed by atoms with Gasteiger partial charge in [-0.15, -0.1) is 11.3 Å².